The smallest absolute Gasteiger partial charge is 0.329 e. The van der Waals surface area contributed by atoms with Crippen LogP contribution >= 0.6 is 11.8 Å². The molecule has 1 saturated heterocycles. The van der Waals surface area contributed by atoms with Crippen LogP contribution in [-0.4, -0.2) is 42.3 Å². The fourth-order valence-electron chi connectivity index (χ4n) is 2.81. The molecular formula is C18H19NO5S. The number of methoxy groups -OCH3 is 1. The minimum absolute atomic E-state index is 0.191. The van der Waals surface area contributed by atoms with E-state index >= 15 is 0 Å². The van der Waals surface area contributed by atoms with Crippen molar-refractivity contribution in [3.8, 4) is 5.75 Å². The van der Waals surface area contributed by atoms with E-state index in [0.717, 1.165) is 5.56 Å². The Balaban J connectivity index is 1.99. The Bertz CT molecular complexity index is 746. The zero-order chi connectivity index (χ0) is 17.8. The van der Waals surface area contributed by atoms with Crippen LogP contribution in [0.4, 0.5) is 0 Å². The van der Waals surface area contributed by atoms with Crippen molar-refractivity contribution in [3.63, 3.8) is 0 Å². The number of furan rings is 1. The molecule has 2 atom stereocenters. The predicted molar refractivity (Wildman–Crippen MR) is 93.5 cm³/mol. The molecule has 132 valence electrons. The Morgan fingerprint density at radius 2 is 2.08 bits per heavy atom. The summed E-state index contributed by atoms with van der Waals surface area (Å²) in [6.45, 7) is 2.01. The molecule has 6 nitrogen and oxygen atoms in total. The molecule has 0 bridgehead atoms. The van der Waals surface area contributed by atoms with E-state index in [1.54, 1.807) is 26.2 Å². The summed E-state index contributed by atoms with van der Waals surface area (Å²) in [4.78, 5) is 26.9. The van der Waals surface area contributed by atoms with Crippen LogP contribution in [0.2, 0.25) is 0 Å². The van der Waals surface area contributed by atoms with E-state index in [9.17, 15) is 9.59 Å². The molecule has 3 rings (SSSR count). The number of thioether (sulfide) groups is 1. The number of carbonyl (C=O) groups is 2. The minimum atomic E-state index is -0.669. The number of hydrogen-bond acceptors (Lipinski definition) is 6. The van der Waals surface area contributed by atoms with Gasteiger partial charge in [0, 0.05) is 11.3 Å². The first kappa shape index (κ1) is 17.4. The van der Waals surface area contributed by atoms with Gasteiger partial charge in [-0.25, -0.2) is 4.79 Å². The van der Waals surface area contributed by atoms with E-state index < -0.39 is 12.0 Å². The zero-order valence-electron chi connectivity index (χ0n) is 14.0. The number of hydrogen-bond donors (Lipinski definition) is 0. The van der Waals surface area contributed by atoms with Crippen molar-refractivity contribution in [1.82, 2.24) is 4.90 Å². The van der Waals surface area contributed by atoms with Crippen LogP contribution in [0.1, 0.15) is 28.4 Å². The van der Waals surface area contributed by atoms with Crippen molar-refractivity contribution in [3.05, 3.63) is 54.0 Å². The van der Waals surface area contributed by atoms with E-state index in [4.69, 9.17) is 13.9 Å². The maximum absolute atomic E-state index is 13.0. The molecule has 1 fully saturated rings. The van der Waals surface area contributed by atoms with Crippen molar-refractivity contribution >= 4 is 23.6 Å². The average molecular weight is 361 g/mol. The molecule has 1 aromatic heterocycles. The summed E-state index contributed by atoms with van der Waals surface area (Å²) < 4.78 is 15.8. The molecule has 0 saturated carbocycles. The van der Waals surface area contributed by atoms with Gasteiger partial charge in [0.1, 0.15) is 17.2 Å². The largest absolute Gasteiger partial charge is 0.496 e. The number of ether oxygens (including phenoxy) is 2. The molecule has 1 aromatic carbocycles. The van der Waals surface area contributed by atoms with Gasteiger partial charge >= 0.3 is 5.97 Å². The zero-order valence-corrected chi connectivity index (χ0v) is 14.8. The third-order valence-electron chi connectivity index (χ3n) is 3.93. The lowest BCUT2D eigenvalue weighted by molar-refractivity contribution is -0.147. The molecule has 7 heteroatoms. The summed E-state index contributed by atoms with van der Waals surface area (Å²) in [5.74, 6) is 0.559. The molecule has 2 aromatic rings. The highest BCUT2D eigenvalue weighted by Crippen LogP contribution is 2.45. The molecule has 25 heavy (non-hydrogen) atoms. The summed E-state index contributed by atoms with van der Waals surface area (Å²) in [6, 6.07) is 10.0. The van der Waals surface area contributed by atoms with Crippen molar-refractivity contribution in [2.45, 2.75) is 18.3 Å². The molecule has 1 amide bonds. The van der Waals surface area contributed by atoms with Gasteiger partial charge in [0.05, 0.1) is 20.0 Å². The monoisotopic (exact) mass is 361 g/mol. The van der Waals surface area contributed by atoms with Gasteiger partial charge in [-0.3, -0.25) is 4.79 Å². The molecule has 1 aliphatic heterocycles. The fourth-order valence-corrected chi connectivity index (χ4v) is 4.25. The minimum Gasteiger partial charge on any atom is -0.496 e. The maximum atomic E-state index is 13.0. The summed E-state index contributed by atoms with van der Waals surface area (Å²) >= 11 is 1.50. The van der Waals surface area contributed by atoms with Crippen molar-refractivity contribution in [1.29, 1.82) is 0 Å². The van der Waals surface area contributed by atoms with Crippen LogP contribution < -0.4 is 4.74 Å². The first-order valence-electron chi connectivity index (χ1n) is 7.94. The molecule has 1 aliphatic rings. The second-order valence-corrected chi connectivity index (χ2v) is 6.50. The second-order valence-electron chi connectivity index (χ2n) is 5.39. The van der Waals surface area contributed by atoms with Gasteiger partial charge in [0.15, 0.2) is 5.76 Å². The Kier molecular flexibility index (Phi) is 5.33. The quantitative estimate of drug-likeness (QED) is 0.762. The van der Waals surface area contributed by atoms with Gasteiger partial charge in [0.2, 0.25) is 0 Å². The number of esters is 1. The second kappa shape index (κ2) is 7.65. The van der Waals surface area contributed by atoms with E-state index in [-0.39, 0.29) is 23.6 Å². The third kappa shape index (κ3) is 3.37. The van der Waals surface area contributed by atoms with Crippen molar-refractivity contribution < 1.29 is 23.5 Å². The van der Waals surface area contributed by atoms with E-state index in [0.29, 0.717) is 11.5 Å². The first-order valence-corrected chi connectivity index (χ1v) is 8.99. The van der Waals surface area contributed by atoms with Gasteiger partial charge < -0.3 is 18.8 Å². The predicted octanol–water partition coefficient (Wildman–Crippen LogP) is 3.11. The summed E-state index contributed by atoms with van der Waals surface area (Å²) in [5, 5.41) is -0.358. The molecule has 0 aliphatic carbocycles. The fraction of sp³-hybridized carbons (Fsp3) is 0.333. The van der Waals surface area contributed by atoms with Crippen LogP contribution in [0, 0.1) is 0 Å². The SMILES string of the molecule is CCOC(=O)C1CSC(c2ccccc2OC)N1C(=O)c1ccco1. The summed E-state index contributed by atoms with van der Waals surface area (Å²) in [7, 11) is 1.58. The Hall–Kier alpha value is -2.41. The third-order valence-corrected chi connectivity index (χ3v) is 5.24. The highest BCUT2D eigenvalue weighted by molar-refractivity contribution is 7.99. The topological polar surface area (TPSA) is 69.0 Å². The Morgan fingerprint density at radius 3 is 2.76 bits per heavy atom. The van der Waals surface area contributed by atoms with Gasteiger partial charge in [-0.05, 0) is 25.1 Å². The number of benzene rings is 1. The number of rotatable bonds is 5. The summed E-state index contributed by atoms with van der Waals surface area (Å²) in [6.07, 6.45) is 1.44. The highest BCUT2D eigenvalue weighted by atomic mass is 32.2. The summed E-state index contributed by atoms with van der Waals surface area (Å²) in [5.41, 5.74) is 0.835. The van der Waals surface area contributed by atoms with Crippen LogP contribution in [0.3, 0.4) is 0 Å². The van der Waals surface area contributed by atoms with Gasteiger partial charge in [-0.2, -0.15) is 0 Å². The van der Waals surface area contributed by atoms with Gasteiger partial charge in [0.25, 0.3) is 5.91 Å². The number of para-hydroxylation sites is 1. The lowest BCUT2D eigenvalue weighted by Gasteiger charge is -2.28. The van der Waals surface area contributed by atoms with Crippen LogP contribution in [0.5, 0.6) is 5.75 Å². The molecule has 2 unspecified atom stereocenters. The lowest BCUT2D eigenvalue weighted by atomic mass is 10.1. The lowest BCUT2D eigenvalue weighted by Crippen LogP contribution is -2.43. The number of nitrogens with zero attached hydrogens (tertiary/aromatic N) is 1. The van der Waals surface area contributed by atoms with Crippen LogP contribution in [-0.2, 0) is 9.53 Å². The molecule has 0 spiro atoms. The highest BCUT2D eigenvalue weighted by Gasteiger charge is 2.45. The standard InChI is InChI=1S/C18H19NO5S/c1-3-23-18(21)13-11-25-17(12-7-4-5-8-14(12)22-2)19(13)16(20)15-9-6-10-24-15/h4-10,13,17H,3,11H2,1-2H3. The number of carbonyl (C=O) groups excluding carboxylic acids is 2. The van der Waals surface area contributed by atoms with Crippen LogP contribution in [0.25, 0.3) is 0 Å². The van der Waals surface area contributed by atoms with E-state index in [2.05, 4.69) is 0 Å². The van der Waals surface area contributed by atoms with Crippen molar-refractivity contribution in [2.75, 3.05) is 19.5 Å². The average Bonchev–Trinajstić information content (AvgIpc) is 3.31. The normalized spacial score (nSPS) is 19.7. The molecule has 0 N–H and O–H groups in total. The molecular weight excluding hydrogens is 342 g/mol. The molecule has 0 radical (unpaired) electrons. The van der Waals surface area contributed by atoms with Crippen molar-refractivity contribution in [2.24, 2.45) is 0 Å². The van der Waals surface area contributed by atoms with E-state index in [1.165, 1.54) is 22.9 Å². The Labute approximate surface area is 150 Å². The van der Waals surface area contributed by atoms with Crippen LogP contribution in [0.15, 0.2) is 47.1 Å². The molecule has 2 heterocycles. The number of amides is 1. The Morgan fingerprint density at radius 1 is 1.28 bits per heavy atom. The van der Waals surface area contributed by atoms with Gasteiger partial charge in [-0.15, -0.1) is 11.8 Å². The van der Waals surface area contributed by atoms with Gasteiger partial charge in [-0.1, -0.05) is 18.2 Å². The maximum Gasteiger partial charge on any atom is 0.329 e. The first-order chi connectivity index (χ1) is 12.2. The van der Waals surface area contributed by atoms with E-state index in [1.807, 2.05) is 24.3 Å².